The summed E-state index contributed by atoms with van der Waals surface area (Å²) in [6.45, 7) is 6.67. The SMILES string of the molecule is COc1cc(OC)c(NC(=O)/C=C/c2c(C)nn(Cc3ccc(C)cc3)c2C)cc1Cl. The molecule has 0 radical (unpaired) electrons. The van der Waals surface area contributed by atoms with Gasteiger partial charge in [0.15, 0.2) is 0 Å². The van der Waals surface area contributed by atoms with E-state index in [1.54, 1.807) is 18.2 Å². The Kier molecular flexibility index (Phi) is 7.02. The number of aromatic nitrogens is 2. The van der Waals surface area contributed by atoms with Gasteiger partial charge in [-0.2, -0.15) is 5.10 Å². The first-order valence-corrected chi connectivity index (χ1v) is 10.2. The number of carbonyl (C=O) groups excluding carboxylic acids is 1. The summed E-state index contributed by atoms with van der Waals surface area (Å²) in [5.74, 6) is 0.630. The van der Waals surface area contributed by atoms with E-state index in [0.29, 0.717) is 28.8 Å². The summed E-state index contributed by atoms with van der Waals surface area (Å²) in [6, 6.07) is 11.6. The van der Waals surface area contributed by atoms with Crippen molar-refractivity contribution in [1.82, 2.24) is 9.78 Å². The fourth-order valence-electron chi connectivity index (χ4n) is 3.26. The van der Waals surface area contributed by atoms with Crippen molar-refractivity contribution in [1.29, 1.82) is 0 Å². The lowest BCUT2D eigenvalue weighted by atomic mass is 10.1. The van der Waals surface area contributed by atoms with E-state index in [2.05, 4.69) is 41.6 Å². The summed E-state index contributed by atoms with van der Waals surface area (Å²) in [5, 5.41) is 7.81. The first kappa shape index (κ1) is 22.4. The summed E-state index contributed by atoms with van der Waals surface area (Å²) in [6.07, 6.45) is 3.25. The molecular formula is C24H26ClN3O3. The molecule has 6 nitrogen and oxygen atoms in total. The molecule has 0 aliphatic carbocycles. The smallest absolute Gasteiger partial charge is 0.248 e. The number of nitrogens with zero attached hydrogens (tertiary/aromatic N) is 2. The molecule has 162 valence electrons. The summed E-state index contributed by atoms with van der Waals surface area (Å²) >= 11 is 6.17. The maximum atomic E-state index is 12.5. The number of hydrogen-bond donors (Lipinski definition) is 1. The highest BCUT2D eigenvalue weighted by Crippen LogP contribution is 2.35. The zero-order valence-corrected chi connectivity index (χ0v) is 19.1. The molecule has 2 aromatic carbocycles. The van der Waals surface area contributed by atoms with Crippen LogP contribution in [0.5, 0.6) is 11.5 Å². The first-order valence-electron chi connectivity index (χ1n) is 9.82. The molecule has 0 fully saturated rings. The minimum Gasteiger partial charge on any atom is -0.495 e. The van der Waals surface area contributed by atoms with Crippen LogP contribution in [0, 0.1) is 20.8 Å². The van der Waals surface area contributed by atoms with E-state index in [4.69, 9.17) is 21.1 Å². The molecule has 0 bridgehead atoms. The van der Waals surface area contributed by atoms with Crippen LogP contribution in [0.4, 0.5) is 5.69 Å². The van der Waals surface area contributed by atoms with Crippen molar-refractivity contribution < 1.29 is 14.3 Å². The van der Waals surface area contributed by atoms with Gasteiger partial charge in [-0.15, -0.1) is 0 Å². The van der Waals surface area contributed by atoms with Crippen LogP contribution >= 0.6 is 11.6 Å². The number of benzene rings is 2. The van der Waals surface area contributed by atoms with Crippen LogP contribution in [-0.4, -0.2) is 29.9 Å². The molecule has 7 heteroatoms. The number of halogens is 1. The lowest BCUT2D eigenvalue weighted by molar-refractivity contribution is -0.111. The number of methoxy groups -OCH3 is 2. The third-order valence-corrected chi connectivity index (χ3v) is 5.32. The van der Waals surface area contributed by atoms with E-state index in [1.807, 2.05) is 18.5 Å². The Hall–Kier alpha value is -3.25. The van der Waals surface area contributed by atoms with Crippen molar-refractivity contribution in [2.75, 3.05) is 19.5 Å². The highest BCUT2D eigenvalue weighted by atomic mass is 35.5. The summed E-state index contributed by atoms with van der Waals surface area (Å²) in [5.41, 5.74) is 5.63. The molecule has 1 heterocycles. The van der Waals surface area contributed by atoms with Crippen LogP contribution in [0.1, 0.15) is 28.1 Å². The lowest BCUT2D eigenvalue weighted by Crippen LogP contribution is -2.09. The van der Waals surface area contributed by atoms with E-state index < -0.39 is 0 Å². The standard InChI is InChI=1S/C24H26ClN3O3/c1-15-6-8-18(9-7-15)14-28-17(3)19(16(2)27-28)10-11-24(29)26-21-12-20(25)22(30-4)13-23(21)31-5/h6-13H,14H2,1-5H3,(H,26,29)/b11-10+. The van der Waals surface area contributed by atoms with Crippen molar-refractivity contribution in [2.24, 2.45) is 0 Å². The molecule has 1 N–H and O–H groups in total. The molecule has 0 aliphatic rings. The average Bonchev–Trinajstić information content (AvgIpc) is 3.01. The number of hydrogen-bond acceptors (Lipinski definition) is 4. The van der Waals surface area contributed by atoms with E-state index in [-0.39, 0.29) is 5.91 Å². The van der Waals surface area contributed by atoms with Gasteiger partial charge in [0.25, 0.3) is 0 Å². The van der Waals surface area contributed by atoms with Crippen molar-refractivity contribution in [2.45, 2.75) is 27.3 Å². The van der Waals surface area contributed by atoms with Gasteiger partial charge >= 0.3 is 0 Å². The molecule has 1 aromatic heterocycles. The number of nitrogens with one attached hydrogen (secondary N) is 1. The van der Waals surface area contributed by atoms with Crippen LogP contribution in [0.25, 0.3) is 6.08 Å². The van der Waals surface area contributed by atoms with Crippen LogP contribution < -0.4 is 14.8 Å². The van der Waals surface area contributed by atoms with Crippen LogP contribution in [0.15, 0.2) is 42.5 Å². The van der Waals surface area contributed by atoms with Crippen molar-refractivity contribution in [3.05, 3.63) is 75.6 Å². The second-order valence-electron chi connectivity index (χ2n) is 7.24. The van der Waals surface area contributed by atoms with Gasteiger partial charge in [-0.1, -0.05) is 41.4 Å². The van der Waals surface area contributed by atoms with Gasteiger partial charge in [0.05, 0.1) is 37.2 Å². The van der Waals surface area contributed by atoms with E-state index in [1.165, 1.54) is 31.4 Å². The quantitative estimate of drug-likeness (QED) is 0.515. The highest BCUT2D eigenvalue weighted by molar-refractivity contribution is 6.32. The highest BCUT2D eigenvalue weighted by Gasteiger charge is 2.13. The molecule has 0 aliphatic heterocycles. The molecule has 3 aromatic rings. The number of carbonyl (C=O) groups is 1. The summed E-state index contributed by atoms with van der Waals surface area (Å²) in [4.78, 5) is 12.5. The van der Waals surface area contributed by atoms with Gasteiger partial charge in [0, 0.05) is 23.4 Å². The van der Waals surface area contributed by atoms with Crippen LogP contribution in [-0.2, 0) is 11.3 Å². The number of anilines is 1. The van der Waals surface area contributed by atoms with Gasteiger partial charge in [0.1, 0.15) is 11.5 Å². The molecular weight excluding hydrogens is 414 g/mol. The topological polar surface area (TPSA) is 65.4 Å². The van der Waals surface area contributed by atoms with Crippen molar-refractivity contribution in [3.8, 4) is 11.5 Å². The second-order valence-corrected chi connectivity index (χ2v) is 7.64. The average molecular weight is 440 g/mol. The number of aryl methyl sites for hydroxylation is 2. The van der Waals surface area contributed by atoms with Crippen LogP contribution in [0.3, 0.4) is 0 Å². The lowest BCUT2D eigenvalue weighted by Gasteiger charge is -2.12. The number of amides is 1. The zero-order valence-electron chi connectivity index (χ0n) is 18.3. The van der Waals surface area contributed by atoms with Gasteiger partial charge in [-0.3, -0.25) is 9.48 Å². The molecule has 3 rings (SSSR count). The molecule has 0 saturated carbocycles. The normalized spacial score (nSPS) is 11.0. The predicted octanol–water partition coefficient (Wildman–Crippen LogP) is 5.18. The summed E-state index contributed by atoms with van der Waals surface area (Å²) < 4.78 is 12.5. The van der Waals surface area contributed by atoms with Crippen molar-refractivity contribution in [3.63, 3.8) is 0 Å². The zero-order chi connectivity index (χ0) is 22.5. The van der Waals surface area contributed by atoms with E-state index >= 15 is 0 Å². The Balaban J connectivity index is 1.76. The Morgan fingerprint density at radius 3 is 2.42 bits per heavy atom. The van der Waals surface area contributed by atoms with Gasteiger partial charge in [-0.05, 0) is 38.5 Å². The Labute approximate surface area is 187 Å². The fraction of sp³-hybridized carbons (Fsp3) is 0.250. The minimum atomic E-state index is -0.301. The minimum absolute atomic E-state index is 0.301. The molecule has 31 heavy (non-hydrogen) atoms. The Morgan fingerprint density at radius 2 is 1.77 bits per heavy atom. The Morgan fingerprint density at radius 1 is 1.10 bits per heavy atom. The van der Waals surface area contributed by atoms with Gasteiger partial charge in [-0.25, -0.2) is 0 Å². The Bertz CT molecular complexity index is 1120. The van der Waals surface area contributed by atoms with E-state index in [0.717, 1.165) is 17.0 Å². The van der Waals surface area contributed by atoms with Gasteiger partial charge < -0.3 is 14.8 Å². The molecule has 0 atom stereocenters. The number of rotatable bonds is 7. The fourth-order valence-corrected chi connectivity index (χ4v) is 3.50. The maximum Gasteiger partial charge on any atom is 0.248 e. The third-order valence-electron chi connectivity index (χ3n) is 5.02. The summed E-state index contributed by atoms with van der Waals surface area (Å²) in [7, 11) is 3.04. The van der Waals surface area contributed by atoms with Crippen molar-refractivity contribution >= 4 is 29.3 Å². The molecule has 1 amide bonds. The number of ether oxygens (including phenoxy) is 2. The van der Waals surface area contributed by atoms with Gasteiger partial charge in [0.2, 0.25) is 5.91 Å². The molecule has 0 unspecified atom stereocenters. The van der Waals surface area contributed by atoms with Crippen LogP contribution in [0.2, 0.25) is 5.02 Å². The second kappa shape index (κ2) is 9.71. The largest absolute Gasteiger partial charge is 0.495 e. The predicted molar refractivity (Wildman–Crippen MR) is 124 cm³/mol. The first-order chi connectivity index (χ1) is 14.8. The third kappa shape index (κ3) is 5.27. The molecule has 0 spiro atoms. The van der Waals surface area contributed by atoms with E-state index in [9.17, 15) is 4.79 Å². The molecule has 0 saturated heterocycles. The maximum absolute atomic E-state index is 12.5. The monoisotopic (exact) mass is 439 g/mol.